The first kappa shape index (κ1) is 13.8. The van der Waals surface area contributed by atoms with Crippen LogP contribution in [0.3, 0.4) is 0 Å². The van der Waals surface area contributed by atoms with Gasteiger partial charge in [-0.15, -0.1) is 0 Å². The summed E-state index contributed by atoms with van der Waals surface area (Å²) in [7, 11) is 0. The molecule has 0 aliphatic carbocycles. The van der Waals surface area contributed by atoms with Crippen molar-refractivity contribution < 1.29 is 9.53 Å². The van der Waals surface area contributed by atoms with E-state index in [4.69, 9.17) is 22.7 Å². The molecule has 0 saturated heterocycles. The minimum Gasteiger partial charge on any atom is -0.482 e. The molecule has 5 heteroatoms. The third-order valence-corrected chi connectivity index (χ3v) is 3.99. The van der Waals surface area contributed by atoms with E-state index in [0.717, 1.165) is 17.9 Å². The smallest absolute Gasteiger partial charge is 0.265 e. The number of benzene rings is 1. The van der Waals surface area contributed by atoms with Crippen molar-refractivity contribution in [1.29, 1.82) is 0 Å². The van der Waals surface area contributed by atoms with Gasteiger partial charge in [0, 0.05) is 12.0 Å². The maximum absolute atomic E-state index is 12.0. The number of nitrogens with two attached hydrogens (primary N) is 1. The van der Waals surface area contributed by atoms with Crippen LogP contribution in [0.2, 0.25) is 0 Å². The van der Waals surface area contributed by atoms with Crippen LogP contribution in [0.15, 0.2) is 24.3 Å². The SMILES string of the molecule is CC(C)(CCN1C(=O)COc2ccccc21)C(N)=S. The number of anilines is 1. The standard InChI is InChI=1S/C14H18N2O2S/c1-14(2,13(15)19)7-8-16-10-5-3-4-6-11(10)18-9-12(16)17/h3-6H,7-9H2,1-2H3,(H2,15,19). The zero-order chi connectivity index (χ0) is 14.0. The highest BCUT2D eigenvalue weighted by Crippen LogP contribution is 2.32. The third-order valence-electron chi connectivity index (χ3n) is 3.44. The van der Waals surface area contributed by atoms with E-state index < -0.39 is 0 Å². The lowest BCUT2D eigenvalue weighted by Gasteiger charge is -2.32. The first-order valence-corrected chi connectivity index (χ1v) is 6.65. The lowest BCUT2D eigenvalue weighted by atomic mass is 9.89. The number of carbonyl (C=O) groups is 1. The monoisotopic (exact) mass is 278 g/mol. The summed E-state index contributed by atoms with van der Waals surface area (Å²) in [5, 5.41) is 0. The van der Waals surface area contributed by atoms with E-state index in [1.807, 2.05) is 38.1 Å². The van der Waals surface area contributed by atoms with Crippen LogP contribution in [0.4, 0.5) is 5.69 Å². The second-order valence-corrected chi connectivity index (χ2v) is 5.74. The molecule has 2 N–H and O–H groups in total. The number of hydrogen-bond acceptors (Lipinski definition) is 3. The van der Waals surface area contributed by atoms with Crippen LogP contribution in [0.25, 0.3) is 0 Å². The summed E-state index contributed by atoms with van der Waals surface area (Å²) in [6, 6.07) is 7.55. The van der Waals surface area contributed by atoms with E-state index >= 15 is 0 Å². The molecule has 1 aliphatic rings. The van der Waals surface area contributed by atoms with Crippen LogP contribution >= 0.6 is 12.2 Å². The van der Waals surface area contributed by atoms with Gasteiger partial charge in [-0.05, 0) is 18.6 Å². The summed E-state index contributed by atoms with van der Waals surface area (Å²) in [6.45, 7) is 4.66. The van der Waals surface area contributed by atoms with Gasteiger partial charge >= 0.3 is 0 Å². The van der Waals surface area contributed by atoms with Crippen molar-refractivity contribution in [2.45, 2.75) is 20.3 Å². The van der Waals surface area contributed by atoms with E-state index in [1.54, 1.807) is 4.90 Å². The third kappa shape index (κ3) is 2.87. The summed E-state index contributed by atoms with van der Waals surface area (Å²) < 4.78 is 5.40. The number of hydrogen-bond donors (Lipinski definition) is 1. The minimum atomic E-state index is -0.261. The summed E-state index contributed by atoms with van der Waals surface area (Å²) in [4.78, 5) is 14.2. The zero-order valence-electron chi connectivity index (χ0n) is 11.2. The van der Waals surface area contributed by atoms with Crippen LogP contribution in [-0.4, -0.2) is 24.0 Å². The number of amides is 1. The van der Waals surface area contributed by atoms with Gasteiger partial charge in [0.2, 0.25) is 0 Å². The van der Waals surface area contributed by atoms with Crippen molar-refractivity contribution in [2.24, 2.45) is 11.1 Å². The average molecular weight is 278 g/mol. The lowest BCUT2D eigenvalue weighted by molar-refractivity contribution is -0.121. The summed E-state index contributed by atoms with van der Waals surface area (Å²) in [6.07, 6.45) is 0.725. The Bertz CT molecular complexity index is 514. The molecular formula is C14H18N2O2S. The van der Waals surface area contributed by atoms with Crippen molar-refractivity contribution in [3.8, 4) is 5.75 Å². The predicted molar refractivity (Wildman–Crippen MR) is 79.5 cm³/mol. The maximum atomic E-state index is 12.0. The van der Waals surface area contributed by atoms with Crippen molar-refractivity contribution >= 4 is 28.8 Å². The Labute approximate surface area is 118 Å². The molecule has 1 aromatic rings. The number of carbonyl (C=O) groups excluding carboxylic acids is 1. The van der Waals surface area contributed by atoms with Gasteiger partial charge in [-0.2, -0.15) is 0 Å². The second-order valence-electron chi connectivity index (χ2n) is 5.30. The average Bonchev–Trinajstić information content (AvgIpc) is 2.37. The van der Waals surface area contributed by atoms with E-state index in [2.05, 4.69) is 0 Å². The normalized spacial score (nSPS) is 14.8. The Morgan fingerprint density at radius 2 is 2.16 bits per heavy atom. The molecular weight excluding hydrogens is 260 g/mol. The molecule has 0 radical (unpaired) electrons. The molecule has 2 rings (SSSR count). The topological polar surface area (TPSA) is 55.6 Å². The van der Waals surface area contributed by atoms with Crippen molar-refractivity contribution in [2.75, 3.05) is 18.1 Å². The molecule has 0 atom stereocenters. The molecule has 0 saturated carbocycles. The first-order valence-electron chi connectivity index (χ1n) is 6.24. The zero-order valence-corrected chi connectivity index (χ0v) is 12.0. The Kier molecular flexibility index (Phi) is 3.75. The molecule has 1 aliphatic heterocycles. The van der Waals surface area contributed by atoms with E-state index in [1.165, 1.54) is 0 Å². The predicted octanol–water partition coefficient (Wildman–Crippen LogP) is 2.11. The lowest BCUT2D eigenvalue weighted by Crippen LogP contribution is -2.42. The highest BCUT2D eigenvalue weighted by atomic mass is 32.1. The molecule has 19 heavy (non-hydrogen) atoms. The Morgan fingerprint density at radius 3 is 2.84 bits per heavy atom. The van der Waals surface area contributed by atoms with Gasteiger partial charge in [-0.25, -0.2) is 0 Å². The molecule has 0 unspecified atom stereocenters. The van der Waals surface area contributed by atoms with Crippen LogP contribution in [-0.2, 0) is 4.79 Å². The van der Waals surface area contributed by atoms with E-state index in [9.17, 15) is 4.79 Å². The molecule has 1 aromatic carbocycles. The Morgan fingerprint density at radius 1 is 1.47 bits per heavy atom. The highest BCUT2D eigenvalue weighted by molar-refractivity contribution is 7.80. The van der Waals surface area contributed by atoms with Crippen molar-refractivity contribution in [3.05, 3.63) is 24.3 Å². The molecule has 0 aromatic heterocycles. The van der Waals surface area contributed by atoms with E-state index in [0.29, 0.717) is 11.5 Å². The second kappa shape index (κ2) is 5.17. The maximum Gasteiger partial charge on any atom is 0.265 e. The van der Waals surface area contributed by atoms with Crippen LogP contribution in [0, 0.1) is 5.41 Å². The van der Waals surface area contributed by atoms with Crippen LogP contribution in [0.5, 0.6) is 5.75 Å². The van der Waals surface area contributed by atoms with Gasteiger partial charge < -0.3 is 15.4 Å². The summed E-state index contributed by atoms with van der Waals surface area (Å²) >= 11 is 5.06. The highest BCUT2D eigenvalue weighted by Gasteiger charge is 2.28. The van der Waals surface area contributed by atoms with Gasteiger partial charge in [0.05, 0.1) is 10.7 Å². The molecule has 1 amide bonds. The summed E-state index contributed by atoms with van der Waals surface area (Å²) in [5.41, 5.74) is 6.27. The van der Waals surface area contributed by atoms with Crippen molar-refractivity contribution in [1.82, 2.24) is 0 Å². The van der Waals surface area contributed by atoms with Crippen LogP contribution in [0.1, 0.15) is 20.3 Å². The molecule has 0 fully saturated rings. The fourth-order valence-electron chi connectivity index (χ4n) is 1.91. The van der Waals surface area contributed by atoms with E-state index in [-0.39, 0.29) is 17.9 Å². The van der Waals surface area contributed by atoms with Gasteiger partial charge in [0.1, 0.15) is 5.75 Å². The molecule has 0 bridgehead atoms. The van der Waals surface area contributed by atoms with Gasteiger partial charge in [0.15, 0.2) is 6.61 Å². The number of para-hydroxylation sites is 2. The number of nitrogens with zero attached hydrogens (tertiary/aromatic N) is 1. The molecule has 1 heterocycles. The van der Waals surface area contributed by atoms with Gasteiger partial charge in [-0.1, -0.05) is 38.2 Å². The van der Waals surface area contributed by atoms with Gasteiger partial charge in [-0.3, -0.25) is 4.79 Å². The minimum absolute atomic E-state index is 0.0301. The summed E-state index contributed by atoms with van der Waals surface area (Å²) in [5.74, 6) is 0.715. The fraction of sp³-hybridized carbons (Fsp3) is 0.429. The Hall–Kier alpha value is -1.62. The van der Waals surface area contributed by atoms with Gasteiger partial charge in [0.25, 0.3) is 5.91 Å². The Balaban J connectivity index is 2.16. The van der Waals surface area contributed by atoms with Crippen LogP contribution < -0.4 is 15.4 Å². The largest absolute Gasteiger partial charge is 0.482 e. The quantitative estimate of drug-likeness (QED) is 0.857. The molecule has 4 nitrogen and oxygen atoms in total. The number of fused-ring (bicyclic) bond motifs is 1. The number of rotatable bonds is 4. The number of thiocarbonyl (C=S) groups is 1. The number of ether oxygens (including phenoxy) is 1. The first-order chi connectivity index (χ1) is 8.92. The fourth-order valence-corrected chi connectivity index (χ4v) is 2.02. The van der Waals surface area contributed by atoms with Crippen molar-refractivity contribution in [3.63, 3.8) is 0 Å². The molecule has 102 valence electrons. The molecule has 0 spiro atoms.